The van der Waals surface area contributed by atoms with E-state index in [9.17, 15) is 13.6 Å². The lowest BCUT2D eigenvalue weighted by Crippen LogP contribution is -2.25. The van der Waals surface area contributed by atoms with Crippen molar-refractivity contribution in [2.45, 2.75) is 13.0 Å². The molecule has 0 atom stereocenters. The molecule has 0 radical (unpaired) electrons. The van der Waals surface area contributed by atoms with E-state index >= 15 is 0 Å². The summed E-state index contributed by atoms with van der Waals surface area (Å²) in [5.74, 6) is -2.26. The fourth-order valence-corrected chi connectivity index (χ4v) is 2.42. The zero-order valence-electron chi connectivity index (χ0n) is 11.7. The Labute approximate surface area is 126 Å². The fourth-order valence-electron chi connectivity index (χ4n) is 2.42. The van der Waals surface area contributed by atoms with Crippen LogP contribution in [0, 0.1) is 11.6 Å². The summed E-state index contributed by atoms with van der Waals surface area (Å²) in [6, 6.07) is 11.5. The molecule has 0 aliphatic rings. The summed E-state index contributed by atoms with van der Waals surface area (Å²) in [6.07, 6.45) is 1.64. The number of rotatable bonds is 4. The lowest BCUT2D eigenvalue weighted by molar-refractivity contribution is -0.120. The highest BCUT2D eigenvalue weighted by Gasteiger charge is 2.12. The Bertz CT molecular complexity index is 826. The highest BCUT2D eigenvalue weighted by Crippen LogP contribution is 2.17. The largest absolute Gasteiger partial charge is 0.361 e. The maximum absolute atomic E-state index is 13.5. The van der Waals surface area contributed by atoms with E-state index in [0.29, 0.717) is 6.54 Å². The molecule has 3 nitrogen and oxygen atoms in total. The van der Waals surface area contributed by atoms with Crippen molar-refractivity contribution in [3.05, 3.63) is 71.4 Å². The smallest absolute Gasteiger partial charge is 0.224 e. The van der Waals surface area contributed by atoms with Crippen LogP contribution >= 0.6 is 0 Å². The number of hydrogen-bond donors (Lipinski definition) is 2. The topological polar surface area (TPSA) is 44.9 Å². The molecule has 22 heavy (non-hydrogen) atoms. The summed E-state index contributed by atoms with van der Waals surface area (Å²) in [4.78, 5) is 15.0. The maximum Gasteiger partial charge on any atom is 0.224 e. The summed E-state index contributed by atoms with van der Waals surface area (Å²) >= 11 is 0. The third-order valence-corrected chi connectivity index (χ3v) is 3.54. The number of aromatic nitrogens is 1. The molecule has 3 aromatic rings. The van der Waals surface area contributed by atoms with Crippen LogP contribution in [0.25, 0.3) is 10.9 Å². The van der Waals surface area contributed by atoms with E-state index < -0.39 is 11.6 Å². The number of halogens is 2. The molecule has 0 saturated carbocycles. The predicted octanol–water partition coefficient (Wildman–Crippen LogP) is 3.31. The Morgan fingerprint density at radius 3 is 2.68 bits per heavy atom. The van der Waals surface area contributed by atoms with Gasteiger partial charge in [-0.25, -0.2) is 8.78 Å². The molecule has 2 aromatic carbocycles. The molecule has 112 valence electrons. The normalized spacial score (nSPS) is 10.8. The number of H-pyrrole nitrogens is 1. The minimum atomic E-state index is -0.967. The lowest BCUT2D eigenvalue weighted by atomic mass is 10.1. The molecule has 5 heteroatoms. The number of benzene rings is 2. The molecule has 1 amide bonds. The monoisotopic (exact) mass is 300 g/mol. The van der Waals surface area contributed by atoms with Crippen molar-refractivity contribution in [3.8, 4) is 0 Å². The quantitative estimate of drug-likeness (QED) is 0.763. The highest BCUT2D eigenvalue weighted by atomic mass is 19.2. The molecule has 3 rings (SSSR count). The first-order valence-corrected chi connectivity index (χ1v) is 6.90. The molecular weight excluding hydrogens is 286 g/mol. The van der Waals surface area contributed by atoms with Crippen LogP contribution in [0.15, 0.2) is 48.7 Å². The molecule has 1 heterocycles. The van der Waals surface area contributed by atoms with E-state index in [4.69, 9.17) is 0 Å². The number of carbonyl (C=O) groups is 1. The first-order valence-electron chi connectivity index (χ1n) is 6.90. The lowest BCUT2D eigenvalue weighted by Gasteiger charge is -2.07. The summed E-state index contributed by atoms with van der Waals surface area (Å²) in [7, 11) is 0. The highest BCUT2D eigenvalue weighted by molar-refractivity contribution is 5.84. The number of aromatic amines is 1. The van der Waals surface area contributed by atoms with Crippen LogP contribution in [0.5, 0.6) is 0 Å². The van der Waals surface area contributed by atoms with Crippen molar-refractivity contribution in [2.75, 3.05) is 0 Å². The van der Waals surface area contributed by atoms with Crippen LogP contribution in [0.2, 0.25) is 0 Å². The van der Waals surface area contributed by atoms with Gasteiger partial charge in [-0.05, 0) is 23.8 Å². The second-order valence-electron chi connectivity index (χ2n) is 5.02. The van der Waals surface area contributed by atoms with Crippen molar-refractivity contribution < 1.29 is 13.6 Å². The van der Waals surface area contributed by atoms with E-state index in [0.717, 1.165) is 22.5 Å². The summed E-state index contributed by atoms with van der Waals surface area (Å²) in [5.41, 5.74) is 2.01. The standard InChI is InChI=1S/C17H14F2N2O/c18-14-5-1-3-11(17(14)19)9-16(22)21-10-12-4-2-6-15-13(12)7-8-20-15/h1-8,20H,9-10H2,(H,21,22). The SMILES string of the molecule is O=C(Cc1cccc(F)c1F)NCc1cccc2[nH]ccc12. The van der Waals surface area contributed by atoms with Crippen LogP contribution in [0.3, 0.4) is 0 Å². The average Bonchev–Trinajstić information content (AvgIpc) is 2.99. The molecule has 1 aromatic heterocycles. The van der Waals surface area contributed by atoms with Crippen molar-refractivity contribution >= 4 is 16.8 Å². The zero-order chi connectivity index (χ0) is 15.5. The molecular formula is C17H14F2N2O. The van der Waals surface area contributed by atoms with Gasteiger partial charge in [0.25, 0.3) is 0 Å². The minimum Gasteiger partial charge on any atom is -0.361 e. The van der Waals surface area contributed by atoms with Crippen LogP contribution in [-0.4, -0.2) is 10.9 Å². The van der Waals surface area contributed by atoms with Crippen LogP contribution in [0.1, 0.15) is 11.1 Å². The van der Waals surface area contributed by atoms with Gasteiger partial charge in [-0.1, -0.05) is 24.3 Å². The molecule has 0 aliphatic heterocycles. The van der Waals surface area contributed by atoms with Crippen molar-refractivity contribution in [2.24, 2.45) is 0 Å². The van der Waals surface area contributed by atoms with Crippen molar-refractivity contribution in [1.82, 2.24) is 10.3 Å². The number of amides is 1. The predicted molar refractivity (Wildman–Crippen MR) is 80.2 cm³/mol. The summed E-state index contributed by atoms with van der Waals surface area (Å²) in [5, 5.41) is 3.76. The third kappa shape index (κ3) is 2.83. The van der Waals surface area contributed by atoms with Crippen LogP contribution in [0.4, 0.5) is 8.78 Å². The van der Waals surface area contributed by atoms with Gasteiger partial charge in [0.1, 0.15) is 0 Å². The first-order chi connectivity index (χ1) is 10.6. The number of nitrogens with one attached hydrogen (secondary N) is 2. The maximum atomic E-state index is 13.5. The molecule has 0 bridgehead atoms. The second kappa shape index (κ2) is 5.97. The van der Waals surface area contributed by atoms with Gasteiger partial charge in [0, 0.05) is 29.2 Å². The molecule has 0 spiro atoms. The van der Waals surface area contributed by atoms with Gasteiger partial charge in [-0.15, -0.1) is 0 Å². The van der Waals surface area contributed by atoms with Crippen molar-refractivity contribution in [3.63, 3.8) is 0 Å². The Morgan fingerprint density at radius 2 is 1.82 bits per heavy atom. The molecule has 2 N–H and O–H groups in total. The van der Waals surface area contributed by atoms with E-state index in [1.54, 1.807) is 0 Å². The van der Waals surface area contributed by atoms with Gasteiger partial charge in [0.05, 0.1) is 6.42 Å². The van der Waals surface area contributed by atoms with E-state index in [2.05, 4.69) is 10.3 Å². The van der Waals surface area contributed by atoms with Crippen molar-refractivity contribution in [1.29, 1.82) is 0 Å². The Kier molecular flexibility index (Phi) is 3.87. The second-order valence-corrected chi connectivity index (χ2v) is 5.02. The van der Waals surface area contributed by atoms with E-state index in [1.807, 2.05) is 30.5 Å². The zero-order valence-corrected chi connectivity index (χ0v) is 11.7. The van der Waals surface area contributed by atoms with Crippen LogP contribution in [-0.2, 0) is 17.8 Å². The van der Waals surface area contributed by atoms with Gasteiger partial charge in [0.15, 0.2) is 11.6 Å². The molecule has 0 unspecified atom stereocenters. The third-order valence-electron chi connectivity index (χ3n) is 3.54. The van der Waals surface area contributed by atoms with E-state index in [-0.39, 0.29) is 17.9 Å². The molecule has 0 aliphatic carbocycles. The van der Waals surface area contributed by atoms with Gasteiger partial charge in [0.2, 0.25) is 5.91 Å². The summed E-state index contributed by atoms with van der Waals surface area (Å²) in [6.45, 7) is 0.338. The van der Waals surface area contributed by atoms with Crippen LogP contribution < -0.4 is 5.32 Å². The first kappa shape index (κ1) is 14.3. The van der Waals surface area contributed by atoms with Gasteiger partial charge in [-0.2, -0.15) is 0 Å². The van der Waals surface area contributed by atoms with Gasteiger partial charge < -0.3 is 10.3 Å². The van der Waals surface area contributed by atoms with Gasteiger partial charge >= 0.3 is 0 Å². The number of fused-ring (bicyclic) bond motifs is 1. The van der Waals surface area contributed by atoms with Gasteiger partial charge in [-0.3, -0.25) is 4.79 Å². The molecule has 0 saturated heterocycles. The number of hydrogen-bond acceptors (Lipinski definition) is 1. The Morgan fingerprint density at radius 1 is 1.05 bits per heavy atom. The van der Waals surface area contributed by atoms with E-state index in [1.165, 1.54) is 12.1 Å². The Balaban J connectivity index is 1.68. The average molecular weight is 300 g/mol. The number of carbonyl (C=O) groups excluding carboxylic acids is 1. The summed E-state index contributed by atoms with van der Waals surface area (Å²) < 4.78 is 26.6. The minimum absolute atomic E-state index is 0.0531. The molecule has 0 fully saturated rings. The Hall–Kier alpha value is -2.69. The fraction of sp³-hybridized carbons (Fsp3) is 0.118.